The van der Waals surface area contributed by atoms with Crippen molar-refractivity contribution in [3.05, 3.63) is 47.7 Å². The van der Waals surface area contributed by atoms with Crippen molar-refractivity contribution in [2.75, 3.05) is 0 Å². The van der Waals surface area contributed by atoms with Crippen molar-refractivity contribution >= 4 is 21.4 Å². The molecule has 3 aromatic rings. The highest BCUT2D eigenvalue weighted by Gasteiger charge is 2.10. The molecule has 0 bridgehead atoms. The van der Waals surface area contributed by atoms with Crippen LogP contribution in [0.25, 0.3) is 16.9 Å². The quantitative estimate of drug-likeness (QED) is 0.685. The lowest BCUT2D eigenvalue weighted by atomic mass is 10.3. The fourth-order valence-electron chi connectivity index (χ4n) is 1.60. The van der Waals surface area contributed by atoms with E-state index in [0.29, 0.717) is 0 Å². The Labute approximate surface area is 100 Å². The number of fused-ring (bicyclic) bond motifs is 1. The number of pyridine rings is 1. The summed E-state index contributed by atoms with van der Waals surface area (Å²) in [4.78, 5) is 12.6. The molecule has 78 valence electrons. The second-order valence-electron chi connectivity index (χ2n) is 3.30. The van der Waals surface area contributed by atoms with Crippen LogP contribution in [0.4, 0.5) is 0 Å². The smallest absolute Gasteiger partial charge is 0.147 e. The van der Waals surface area contributed by atoms with Crippen molar-refractivity contribution in [2.24, 2.45) is 0 Å². The van der Waals surface area contributed by atoms with Gasteiger partial charge < -0.3 is 0 Å². The summed E-state index contributed by atoms with van der Waals surface area (Å²) < 4.78 is 2.77. The SMILES string of the molecule is Brc1nc(-c2cccnc2)n2ccncc12. The van der Waals surface area contributed by atoms with Crippen molar-refractivity contribution in [1.29, 1.82) is 0 Å². The Kier molecular flexibility index (Phi) is 2.18. The Hall–Kier alpha value is -1.75. The number of hydrogen-bond acceptors (Lipinski definition) is 3. The van der Waals surface area contributed by atoms with Crippen molar-refractivity contribution in [3.63, 3.8) is 0 Å². The molecule has 4 nitrogen and oxygen atoms in total. The molecule has 0 saturated heterocycles. The predicted molar refractivity (Wildman–Crippen MR) is 63.9 cm³/mol. The van der Waals surface area contributed by atoms with Crippen LogP contribution < -0.4 is 0 Å². The lowest BCUT2D eigenvalue weighted by Gasteiger charge is -1.98. The third-order valence-corrected chi connectivity index (χ3v) is 2.91. The van der Waals surface area contributed by atoms with Gasteiger partial charge in [-0.15, -0.1) is 0 Å². The van der Waals surface area contributed by atoms with E-state index in [4.69, 9.17) is 0 Å². The minimum Gasteiger partial charge on any atom is -0.296 e. The highest BCUT2D eigenvalue weighted by molar-refractivity contribution is 9.10. The summed E-state index contributed by atoms with van der Waals surface area (Å²) in [6, 6.07) is 3.88. The molecule has 0 spiro atoms. The van der Waals surface area contributed by atoms with Crippen LogP contribution in [0.2, 0.25) is 0 Å². The van der Waals surface area contributed by atoms with E-state index >= 15 is 0 Å². The number of nitrogens with zero attached hydrogens (tertiary/aromatic N) is 4. The molecule has 3 heterocycles. The van der Waals surface area contributed by atoms with Gasteiger partial charge in [0.1, 0.15) is 10.4 Å². The van der Waals surface area contributed by atoms with Crippen LogP contribution in [0.3, 0.4) is 0 Å². The minimum absolute atomic E-state index is 0.791. The molecule has 0 N–H and O–H groups in total. The third-order valence-electron chi connectivity index (χ3n) is 2.32. The summed E-state index contributed by atoms with van der Waals surface area (Å²) in [6.07, 6.45) is 8.94. The summed E-state index contributed by atoms with van der Waals surface area (Å²) in [7, 11) is 0. The molecule has 0 unspecified atom stereocenters. The molecule has 0 saturated carbocycles. The average Bonchev–Trinajstić information content (AvgIpc) is 2.69. The highest BCUT2D eigenvalue weighted by Crippen LogP contribution is 2.24. The molecule has 0 aliphatic rings. The molecule has 3 aromatic heterocycles. The normalized spacial score (nSPS) is 10.8. The van der Waals surface area contributed by atoms with Crippen molar-refractivity contribution in [1.82, 2.24) is 19.4 Å². The van der Waals surface area contributed by atoms with Gasteiger partial charge in [-0.05, 0) is 28.1 Å². The lowest BCUT2D eigenvalue weighted by molar-refractivity contribution is 1.12. The monoisotopic (exact) mass is 274 g/mol. The molecule has 0 atom stereocenters. The predicted octanol–water partition coefficient (Wildman–Crippen LogP) is 2.55. The fraction of sp³-hybridized carbons (Fsp3) is 0. The second-order valence-corrected chi connectivity index (χ2v) is 4.05. The Balaban J connectivity index is 2.33. The highest BCUT2D eigenvalue weighted by atomic mass is 79.9. The zero-order valence-corrected chi connectivity index (χ0v) is 9.79. The topological polar surface area (TPSA) is 43.1 Å². The number of rotatable bonds is 1. The molecule has 0 aliphatic heterocycles. The van der Waals surface area contributed by atoms with E-state index < -0.39 is 0 Å². The number of hydrogen-bond donors (Lipinski definition) is 0. The molecule has 16 heavy (non-hydrogen) atoms. The summed E-state index contributed by atoms with van der Waals surface area (Å²) in [5.74, 6) is 0.859. The summed E-state index contributed by atoms with van der Waals surface area (Å²) in [5, 5.41) is 0. The van der Waals surface area contributed by atoms with Gasteiger partial charge in [0.2, 0.25) is 0 Å². The zero-order valence-electron chi connectivity index (χ0n) is 8.21. The number of halogens is 1. The Bertz CT molecular complexity index is 633. The van der Waals surface area contributed by atoms with E-state index in [1.54, 1.807) is 24.8 Å². The first-order valence-electron chi connectivity index (χ1n) is 4.74. The lowest BCUT2D eigenvalue weighted by Crippen LogP contribution is -1.89. The van der Waals surface area contributed by atoms with Crippen molar-refractivity contribution in [3.8, 4) is 11.4 Å². The van der Waals surface area contributed by atoms with Gasteiger partial charge in [0.25, 0.3) is 0 Å². The molecule has 0 fully saturated rings. The van der Waals surface area contributed by atoms with Gasteiger partial charge in [-0.1, -0.05) is 0 Å². The van der Waals surface area contributed by atoms with Gasteiger partial charge in [-0.3, -0.25) is 14.4 Å². The van der Waals surface area contributed by atoms with Crippen molar-refractivity contribution in [2.45, 2.75) is 0 Å². The van der Waals surface area contributed by atoms with Crippen LogP contribution in [0, 0.1) is 0 Å². The first-order valence-corrected chi connectivity index (χ1v) is 5.53. The third kappa shape index (κ3) is 1.40. The van der Waals surface area contributed by atoms with Gasteiger partial charge in [0, 0.05) is 30.4 Å². The van der Waals surface area contributed by atoms with E-state index in [-0.39, 0.29) is 0 Å². The maximum absolute atomic E-state index is 4.46. The Morgan fingerprint density at radius 1 is 1.12 bits per heavy atom. The summed E-state index contributed by atoms with van der Waals surface area (Å²) in [6.45, 7) is 0. The van der Waals surface area contributed by atoms with Crippen LogP contribution in [-0.2, 0) is 0 Å². The molecular formula is C11H7BrN4. The Morgan fingerprint density at radius 3 is 2.81 bits per heavy atom. The van der Waals surface area contributed by atoms with Crippen LogP contribution in [0.15, 0.2) is 47.7 Å². The Morgan fingerprint density at radius 2 is 2.00 bits per heavy atom. The molecule has 3 rings (SSSR count). The maximum atomic E-state index is 4.46. The fourth-order valence-corrected chi connectivity index (χ4v) is 2.06. The zero-order chi connectivity index (χ0) is 11.0. The van der Waals surface area contributed by atoms with Crippen LogP contribution in [0.1, 0.15) is 0 Å². The van der Waals surface area contributed by atoms with E-state index in [9.17, 15) is 0 Å². The molecular weight excluding hydrogens is 268 g/mol. The maximum Gasteiger partial charge on any atom is 0.147 e. The van der Waals surface area contributed by atoms with Gasteiger partial charge >= 0.3 is 0 Å². The van der Waals surface area contributed by atoms with E-state index in [0.717, 1.165) is 21.5 Å². The van der Waals surface area contributed by atoms with Crippen molar-refractivity contribution < 1.29 is 0 Å². The average molecular weight is 275 g/mol. The standard InChI is InChI=1S/C11H7BrN4/c12-10-9-7-14-4-5-16(9)11(15-10)8-2-1-3-13-6-8/h1-7H. The molecule has 0 aliphatic carbocycles. The number of imidazole rings is 1. The first-order chi connectivity index (χ1) is 7.86. The second kappa shape index (κ2) is 3.68. The minimum atomic E-state index is 0.791. The summed E-state index contributed by atoms with van der Waals surface area (Å²) >= 11 is 3.42. The largest absolute Gasteiger partial charge is 0.296 e. The number of aromatic nitrogens is 4. The molecule has 5 heteroatoms. The van der Waals surface area contributed by atoms with Crippen LogP contribution in [0.5, 0.6) is 0 Å². The van der Waals surface area contributed by atoms with Crippen LogP contribution >= 0.6 is 15.9 Å². The van der Waals surface area contributed by atoms with Gasteiger partial charge in [0.15, 0.2) is 0 Å². The van der Waals surface area contributed by atoms with E-state index in [2.05, 4.69) is 30.9 Å². The first kappa shape index (κ1) is 9.47. The van der Waals surface area contributed by atoms with Gasteiger partial charge in [-0.2, -0.15) is 0 Å². The molecule has 0 amide bonds. The van der Waals surface area contributed by atoms with E-state index in [1.807, 2.05) is 22.7 Å². The van der Waals surface area contributed by atoms with Crippen LogP contribution in [-0.4, -0.2) is 19.4 Å². The molecule has 0 radical (unpaired) electrons. The summed E-state index contributed by atoms with van der Waals surface area (Å²) in [5.41, 5.74) is 1.93. The van der Waals surface area contributed by atoms with Gasteiger partial charge in [-0.25, -0.2) is 4.98 Å². The molecule has 0 aromatic carbocycles. The van der Waals surface area contributed by atoms with E-state index in [1.165, 1.54) is 0 Å². The van der Waals surface area contributed by atoms with Gasteiger partial charge in [0.05, 0.1) is 11.7 Å².